The third kappa shape index (κ3) is 3.61. The molecule has 0 fully saturated rings. The van der Waals surface area contributed by atoms with Gasteiger partial charge in [-0.15, -0.1) is 11.3 Å². The van der Waals surface area contributed by atoms with Gasteiger partial charge in [0.2, 0.25) is 0 Å². The highest BCUT2D eigenvalue weighted by molar-refractivity contribution is 7.13. The Morgan fingerprint density at radius 1 is 1.35 bits per heavy atom. The molecule has 2 aromatic heterocycles. The number of hydrogen-bond donors (Lipinski definition) is 2. The highest BCUT2D eigenvalue weighted by atomic mass is 35.5. The van der Waals surface area contributed by atoms with Crippen LogP contribution < -0.4 is 5.32 Å². The molecule has 23 heavy (non-hydrogen) atoms. The number of aliphatic hydroxyl groups excluding tert-OH is 1. The fraction of sp³-hybridized carbons (Fsp3) is 0.125. The molecular formula is C16H13ClN2O3S. The van der Waals surface area contributed by atoms with Gasteiger partial charge in [-0.2, -0.15) is 0 Å². The molecule has 118 valence electrons. The van der Waals surface area contributed by atoms with Crippen LogP contribution in [0.4, 0.5) is 0 Å². The number of benzene rings is 1. The normalized spacial score (nSPS) is 12.1. The van der Waals surface area contributed by atoms with Crippen molar-refractivity contribution in [1.29, 1.82) is 0 Å². The van der Waals surface area contributed by atoms with Crippen LogP contribution in [-0.4, -0.2) is 22.5 Å². The Balaban J connectivity index is 1.66. The number of aromatic nitrogens is 1. The molecule has 0 radical (unpaired) electrons. The summed E-state index contributed by atoms with van der Waals surface area (Å²) in [4.78, 5) is 16.4. The molecule has 0 aliphatic carbocycles. The summed E-state index contributed by atoms with van der Waals surface area (Å²) in [6.45, 7) is 0.0469. The van der Waals surface area contributed by atoms with Crippen molar-refractivity contribution < 1.29 is 14.3 Å². The lowest BCUT2D eigenvalue weighted by Gasteiger charge is -2.08. The number of thiazole rings is 1. The summed E-state index contributed by atoms with van der Waals surface area (Å²) in [5, 5.41) is 15.4. The number of nitrogens with zero attached hydrogens (tertiary/aromatic N) is 1. The minimum Gasteiger partial charge on any atom is -0.467 e. The molecule has 2 heterocycles. The zero-order chi connectivity index (χ0) is 16.2. The van der Waals surface area contributed by atoms with Gasteiger partial charge in [0.15, 0.2) is 0 Å². The van der Waals surface area contributed by atoms with Crippen molar-refractivity contribution in [1.82, 2.24) is 10.3 Å². The second-order valence-corrected chi connectivity index (χ2v) is 6.02. The van der Waals surface area contributed by atoms with E-state index in [1.165, 1.54) is 17.6 Å². The molecule has 2 N–H and O–H groups in total. The summed E-state index contributed by atoms with van der Waals surface area (Å²) >= 11 is 7.47. The van der Waals surface area contributed by atoms with Crippen molar-refractivity contribution in [2.24, 2.45) is 0 Å². The molecule has 1 unspecified atom stereocenters. The van der Waals surface area contributed by atoms with Gasteiger partial charge in [-0.1, -0.05) is 29.8 Å². The number of aliphatic hydroxyl groups is 1. The van der Waals surface area contributed by atoms with Crippen LogP contribution in [0, 0.1) is 0 Å². The van der Waals surface area contributed by atoms with E-state index in [0.29, 0.717) is 15.8 Å². The van der Waals surface area contributed by atoms with Gasteiger partial charge in [0.1, 0.15) is 22.6 Å². The Bertz CT molecular complexity index is 801. The van der Waals surface area contributed by atoms with E-state index in [1.807, 2.05) is 18.2 Å². The number of rotatable bonds is 5. The number of hydrogen-bond acceptors (Lipinski definition) is 5. The van der Waals surface area contributed by atoms with Gasteiger partial charge in [-0.05, 0) is 18.2 Å². The van der Waals surface area contributed by atoms with E-state index in [0.717, 1.165) is 5.56 Å². The second-order valence-electron chi connectivity index (χ2n) is 4.76. The van der Waals surface area contributed by atoms with E-state index in [2.05, 4.69) is 10.3 Å². The number of nitrogens with one attached hydrogen (secondary N) is 1. The van der Waals surface area contributed by atoms with E-state index in [1.54, 1.807) is 23.6 Å². The number of carbonyl (C=O) groups is 1. The smallest absolute Gasteiger partial charge is 0.270 e. The van der Waals surface area contributed by atoms with E-state index in [-0.39, 0.29) is 18.1 Å². The lowest BCUT2D eigenvalue weighted by atomic mass is 10.2. The van der Waals surface area contributed by atoms with E-state index >= 15 is 0 Å². The summed E-state index contributed by atoms with van der Waals surface area (Å²) in [5.41, 5.74) is 1.07. The molecule has 0 aliphatic rings. The number of carbonyl (C=O) groups excluding carboxylic acids is 1. The molecule has 1 aromatic carbocycles. The number of furan rings is 1. The summed E-state index contributed by atoms with van der Waals surface area (Å²) in [6, 6.07) is 10.7. The highest BCUT2D eigenvalue weighted by Crippen LogP contribution is 2.30. The molecule has 7 heteroatoms. The molecule has 5 nitrogen and oxygen atoms in total. The Morgan fingerprint density at radius 2 is 2.17 bits per heavy atom. The molecule has 1 amide bonds. The van der Waals surface area contributed by atoms with Crippen LogP contribution in [0.2, 0.25) is 5.02 Å². The number of halogens is 1. The maximum Gasteiger partial charge on any atom is 0.270 e. The van der Waals surface area contributed by atoms with Crippen LogP contribution in [0.5, 0.6) is 0 Å². The monoisotopic (exact) mass is 348 g/mol. The fourth-order valence-electron chi connectivity index (χ4n) is 2.00. The molecule has 3 aromatic rings. The van der Waals surface area contributed by atoms with Gasteiger partial charge < -0.3 is 14.8 Å². The van der Waals surface area contributed by atoms with E-state index in [4.69, 9.17) is 16.0 Å². The number of amides is 1. The summed E-state index contributed by atoms with van der Waals surface area (Å²) in [7, 11) is 0. The molecule has 0 spiro atoms. The molecule has 0 saturated heterocycles. The highest BCUT2D eigenvalue weighted by Gasteiger charge is 2.16. The van der Waals surface area contributed by atoms with Crippen LogP contribution >= 0.6 is 22.9 Å². The van der Waals surface area contributed by atoms with Crippen molar-refractivity contribution in [3.63, 3.8) is 0 Å². The molecule has 0 saturated carbocycles. The second kappa shape index (κ2) is 6.95. The average Bonchev–Trinajstić information content (AvgIpc) is 3.24. The van der Waals surface area contributed by atoms with Crippen molar-refractivity contribution in [3.05, 3.63) is 64.5 Å². The van der Waals surface area contributed by atoms with Gasteiger partial charge in [-0.25, -0.2) is 4.98 Å². The summed E-state index contributed by atoms with van der Waals surface area (Å²) < 4.78 is 5.08. The van der Waals surface area contributed by atoms with Crippen LogP contribution in [0.1, 0.15) is 22.4 Å². The van der Waals surface area contributed by atoms with Gasteiger partial charge in [0, 0.05) is 10.9 Å². The Morgan fingerprint density at radius 3 is 2.91 bits per heavy atom. The Labute approximate surface area is 141 Å². The predicted octanol–water partition coefficient (Wildman–Crippen LogP) is 3.52. The maximum atomic E-state index is 12.1. The van der Waals surface area contributed by atoms with E-state index < -0.39 is 6.10 Å². The van der Waals surface area contributed by atoms with Crippen molar-refractivity contribution in [2.75, 3.05) is 6.54 Å². The van der Waals surface area contributed by atoms with Crippen LogP contribution in [0.3, 0.4) is 0 Å². The first-order valence-electron chi connectivity index (χ1n) is 6.85. The minimum absolute atomic E-state index is 0.0469. The lowest BCUT2D eigenvalue weighted by Crippen LogP contribution is -2.28. The first kappa shape index (κ1) is 15.7. The molecule has 3 rings (SSSR count). The van der Waals surface area contributed by atoms with Gasteiger partial charge in [0.25, 0.3) is 5.91 Å². The third-order valence-electron chi connectivity index (χ3n) is 3.17. The quantitative estimate of drug-likeness (QED) is 0.739. The van der Waals surface area contributed by atoms with E-state index in [9.17, 15) is 9.90 Å². The zero-order valence-electron chi connectivity index (χ0n) is 11.9. The van der Waals surface area contributed by atoms with Gasteiger partial charge in [-0.3, -0.25) is 4.79 Å². The van der Waals surface area contributed by atoms with Crippen LogP contribution in [0.25, 0.3) is 10.6 Å². The zero-order valence-corrected chi connectivity index (χ0v) is 13.5. The predicted molar refractivity (Wildman–Crippen MR) is 88.6 cm³/mol. The topological polar surface area (TPSA) is 75.4 Å². The third-order valence-corrected chi connectivity index (χ3v) is 4.37. The SMILES string of the molecule is O=C(NCC(O)c1ccco1)c1csc(-c2ccccc2Cl)n1. The fourth-order valence-corrected chi connectivity index (χ4v) is 3.12. The maximum absolute atomic E-state index is 12.1. The van der Waals surface area contributed by atoms with Crippen molar-refractivity contribution in [3.8, 4) is 10.6 Å². The average molecular weight is 349 g/mol. The molecule has 0 aliphatic heterocycles. The van der Waals surface area contributed by atoms with Gasteiger partial charge in [0.05, 0.1) is 17.8 Å². The molecule has 1 atom stereocenters. The van der Waals surface area contributed by atoms with Crippen molar-refractivity contribution in [2.45, 2.75) is 6.10 Å². The van der Waals surface area contributed by atoms with Crippen LogP contribution in [0.15, 0.2) is 52.5 Å². The van der Waals surface area contributed by atoms with Crippen molar-refractivity contribution >= 4 is 28.8 Å². The minimum atomic E-state index is -0.893. The molecule has 0 bridgehead atoms. The summed E-state index contributed by atoms with van der Waals surface area (Å²) in [6.07, 6.45) is 0.576. The Kier molecular flexibility index (Phi) is 4.76. The largest absolute Gasteiger partial charge is 0.467 e. The first-order valence-corrected chi connectivity index (χ1v) is 8.11. The van der Waals surface area contributed by atoms with Gasteiger partial charge >= 0.3 is 0 Å². The Hall–Kier alpha value is -2.15. The standard InChI is InChI=1S/C16H13ClN2O3S/c17-11-5-2-1-4-10(11)16-19-12(9-23-16)15(21)18-8-13(20)14-6-3-7-22-14/h1-7,9,13,20H,8H2,(H,18,21). The lowest BCUT2D eigenvalue weighted by molar-refractivity contribution is 0.0897. The summed E-state index contributed by atoms with van der Waals surface area (Å²) in [5.74, 6) is 0.0468. The molecular weight excluding hydrogens is 336 g/mol. The first-order chi connectivity index (χ1) is 11.1. The van der Waals surface area contributed by atoms with Crippen LogP contribution in [-0.2, 0) is 0 Å².